The van der Waals surface area contributed by atoms with Crippen LogP contribution in [0.2, 0.25) is 0 Å². The number of pyridine rings is 1. The molecule has 22 heavy (non-hydrogen) atoms. The van der Waals surface area contributed by atoms with Gasteiger partial charge >= 0.3 is 0 Å². The lowest BCUT2D eigenvalue weighted by Gasteiger charge is -2.09. The molecule has 2 aromatic rings. The van der Waals surface area contributed by atoms with Gasteiger partial charge in [-0.15, -0.1) is 0 Å². The summed E-state index contributed by atoms with van der Waals surface area (Å²) in [6.07, 6.45) is 4.03. The number of carbonyl (C=O) groups is 1. The van der Waals surface area contributed by atoms with Gasteiger partial charge in [-0.25, -0.2) is 4.68 Å². The van der Waals surface area contributed by atoms with Crippen LogP contribution in [0.1, 0.15) is 20.3 Å². The van der Waals surface area contributed by atoms with E-state index in [9.17, 15) is 9.59 Å². The maximum atomic E-state index is 11.8. The van der Waals surface area contributed by atoms with Crippen molar-refractivity contribution in [2.45, 2.75) is 26.8 Å². The number of hydrogen-bond donors (Lipinski definition) is 1. The van der Waals surface area contributed by atoms with Crippen molar-refractivity contribution in [1.82, 2.24) is 20.1 Å². The molecule has 1 amide bonds. The van der Waals surface area contributed by atoms with Gasteiger partial charge in [0, 0.05) is 43.0 Å². The van der Waals surface area contributed by atoms with E-state index in [-0.39, 0.29) is 17.4 Å². The van der Waals surface area contributed by atoms with Crippen LogP contribution in [0.15, 0.2) is 41.5 Å². The molecule has 0 atom stereocenters. The van der Waals surface area contributed by atoms with Gasteiger partial charge in [-0.1, -0.05) is 13.8 Å². The van der Waals surface area contributed by atoms with Gasteiger partial charge in [0.15, 0.2) is 0 Å². The number of rotatable bonds is 6. The van der Waals surface area contributed by atoms with Gasteiger partial charge in [-0.3, -0.25) is 14.6 Å². The minimum atomic E-state index is -0.145. The Hall–Kier alpha value is -2.50. The molecule has 0 aliphatic heterocycles. The molecule has 6 nitrogen and oxygen atoms in total. The van der Waals surface area contributed by atoms with Gasteiger partial charge in [0.1, 0.15) is 0 Å². The molecule has 0 unspecified atom stereocenters. The number of amides is 1. The fourth-order valence-electron chi connectivity index (χ4n) is 1.93. The van der Waals surface area contributed by atoms with Crippen LogP contribution in [0.3, 0.4) is 0 Å². The highest BCUT2D eigenvalue weighted by atomic mass is 16.2. The van der Waals surface area contributed by atoms with Gasteiger partial charge < -0.3 is 5.32 Å². The molecule has 2 aromatic heterocycles. The summed E-state index contributed by atoms with van der Waals surface area (Å²) >= 11 is 0. The van der Waals surface area contributed by atoms with Crippen molar-refractivity contribution in [3.63, 3.8) is 0 Å². The zero-order valence-electron chi connectivity index (χ0n) is 12.8. The van der Waals surface area contributed by atoms with E-state index < -0.39 is 0 Å². The van der Waals surface area contributed by atoms with Gasteiger partial charge in [-0.05, 0) is 24.6 Å². The average molecular weight is 300 g/mol. The van der Waals surface area contributed by atoms with Crippen LogP contribution in [0.4, 0.5) is 0 Å². The van der Waals surface area contributed by atoms with Crippen LogP contribution in [0.25, 0.3) is 11.3 Å². The Morgan fingerprint density at radius 3 is 2.64 bits per heavy atom. The van der Waals surface area contributed by atoms with Crippen molar-refractivity contribution in [3.05, 3.63) is 47.0 Å². The second kappa shape index (κ2) is 7.49. The summed E-state index contributed by atoms with van der Waals surface area (Å²) in [5, 5.41) is 7.19. The summed E-state index contributed by atoms with van der Waals surface area (Å²) < 4.78 is 1.43. The topological polar surface area (TPSA) is 76.9 Å². The molecule has 116 valence electrons. The number of aryl methyl sites for hydroxylation is 1. The molecule has 0 bridgehead atoms. The van der Waals surface area contributed by atoms with E-state index in [0.717, 1.165) is 11.3 Å². The normalized spacial score (nSPS) is 10.7. The Balaban J connectivity index is 1.99. The lowest BCUT2D eigenvalue weighted by molar-refractivity contribution is -0.123. The van der Waals surface area contributed by atoms with Crippen molar-refractivity contribution >= 4 is 5.91 Å². The van der Waals surface area contributed by atoms with Crippen LogP contribution in [0.5, 0.6) is 0 Å². The SMILES string of the molecule is CC(C)C(=O)NCCCn1nc(-c2ccncc2)ccc1=O. The number of nitrogens with one attached hydrogen (secondary N) is 1. The van der Waals surface area contributed by atoms with Crippen molar-refractivity contribution in [1.29, 1.82) is 0 Å². The quantitative estimate of drug-likeness (QED) is 0.820. The Kier molecular flexibility index (Phi) is 5.41. The van der Waals surface area contributed by atoms with Crippen LogP contribution >= 0.6 is 0 Å². The van der Waals surface area contributed by atoms with Crippen molar-refractivity contribution < 1.29 is 4.79 Å². The van der Waals surface area contributed by atoms with Crippen LogP contribution in [-0.2, 0) is 11.3 Å². The number of carbonyl (C=O) groups excluding carboxylic acids is 1. The molecule has 0 spiro atoms. The Labute approximate surface area is 129 Å². The van der Waals surface area contributed by atoms with Gasteiger partial charge in [0.25, 0.3) is 5.56 Å². The molecule has 2 rings (SSSR count). The molecule has 0 radical (unpaired) electrons. The van der Waals surface area contributed by atoms with E-state index in [4.69, 9.17) is 0 Å². The van der Waals surface area contributed by atoms with Crippen molar-refractivity contribution in [2.24, 2.45) is 5.92 Å². The molecular formula is C16H20N4O2. The number of aromatic nitrogens is 3. The lowest BCUT2D eigenvalue weighted by Crippen LogP contribution is -2.30. The first-order valence-electron chi connectivity index (χ1n) is 7.34. The molecule has 0 saturated heterocycles. The predicted octanol–water partition coefficient (Wildman–Crippen LogP) is 1.47. The Morgan fingerprint density at radius 2 is 1.95 bits per heavy atom. The monoisotopic (exact) mass is 300 g/mol. The first-order valence-corrected chi connectivity index (χ1v) is 7.34. The minimum Gasteiger partial charge on any atom is -0.356 e. The van der Waals surface area contributed by atoms with E-state index in [2.05, 4.69) is 15.4 Å². The average Bonchev–Trinajstić information content (AvgIpc) is 2.53. The first-order chi connectivity index (χ1) is 10.6. The molecule has 1 N–H and O–H groups in total. The highest BCUT2D eigenvalue weighted by Crippen LogP contribution is 2.13. The maximum absolute atomic E-state index is 11.8. The standard InChI is InChI=1S/C16H20N4O2/c1-12(2)16(22)18-8-3-11-20-15(21)5-4-14(19-20)13-6-9-17-10-7-13/h4-7,9-10,12H,3,8,11H2,1-2H3,(H,18,22). The molecule has 0 aromatic carbocycles. The molecule has 0 aliphatic carbocycles. The fourth-order valence-corrected chi connectivity index (χ4v) is 1.93. The summed E-state index contributed by atoms with van der Waals surface area (Å²) in [5.41, 5.74) is 1.50. The van der Waals surface area contributed by atoms with E-state index in [1.807, 2.05) is 26.0 Å². The smallest absolute Gasteiger partial charge is 0.266 e. The number of hydrogen-bond acceptors (Lipinski definition) is 4. The molecular weight excluding hydrogens is 280 g/mol. The number of nitrogens with zero attached hydrogens (tertiary/aromatic N) is 3. The third-order valence-corrected chi connectivity index (χ3v) is 3.21. The molecule has 0 saturated carbocycles. The highest BCUT2D eigenvalue weighted by Gasteiger charge is 2.06. The van der Waals surface area contributed by atoms with Crippen molar-refractivity contribution in [2.75, 3.05) is 6.54 Å². The summed E-state index contributed by atoms with van der Waals surface area (Å²) in [6.45, 7) is 4.69. The second-order valence-corrected chi connectivity index (χ2v) is 5.32. The third-order valence-electron chi connectivity index (χ3n) is 3.21. The second-order valence-electron chi connectivity index (χ2n) is 5.32. The predicted molar refractivity (Wildman–Crippen MR) is 84.2 cm³/mol. The Bertz CT molecular complexity index is 680. The molecule has 0 aliphatic rings. The largest absolute Gasteiger partial charge is 0.356 e. The van der Waals surface area contributed by atoms with Crippen LogP contribution in [-0.4, -0.2) is 27.2 Å². The first kappa shape index (κ1) is 15.9. The fraction of sp³-hybridized carbons (Fsp3) is 0.375. The highest BCUT2D eigenvalue weighted by molar-refractivity contribution is 5.77. The zero-order chi connectivity index (χ0) is 15.9. The Morgan fingerprint density at radius 1 is 1.23 bits per heavy atom. The minimum absolute atomic E-state index is 0.0193. The van der Waals surface area contributed by atoms with Crippen LogP contribution in [0, 0.1) is 5.92 Å². The van der Waals surface area contributed by atoms with E-state index >= 15 is 0 Å². The summed E-state index contributed by atoms with van der Waals surface area (Å²) in [4.78, 5) is 27.3. The lowest BCUT2D eigenvalue weighted by atomic mass is 10.2. The van der Waals surface area contributed by atoms with Gasteiger partial charge in [0.2, 0.25) is 5.91 Å². The van der Waals surface area contributed by atoms with Gasteiger partial charge in [0.05, 0.1) is 5.69 Å². The van der Waals surface area contributed by atoms with E-state index in [0.29, 0.717) is 19.5 Å². The summed E-state index contributed by atoms with van der Waals surface area (Å²) in [6, 6.07) is 6.91. The van der Waals surface area contributed by atoms with E-state index in [1.54, 1.807) is 18.5 Å². The third kappa shape index (κ3) is 4.25. The molecule has 0 fully saturated rings. The molecule has 6 heteroatoms. The van der Waals surface area contributed by atoms with Crippen molar-refractivity contribution in [3.8, 4) is 11.3 Å². The summed E-state index contributed by atoms with van der Waals surface area (Å²) in [5.74, 6) is -0.0123. The summed E-state index contributed by atoms with van der Waals surface area (Å²) in [7, 11) is 0. The maximum Gasteiger partial charge on any atom is 0.266 e. The zero-order valence-corrected chi connectivity index (χ0v) is 12.8. The van der Waals surface area contributed by atoms with E-state index in [1.165, 1.54) is 10.7 Å². The van der Waals surface area contributed by atoms with Gasteiger partial charge in [-0.2, -0.15) is 5.10 Å². The molecule has 2 heterocycles. The van der Waals surface area contributed by atoms with Crippen LogP contribution < -0.4 is 10.9 Å².